The number of rotatable bonds is 8. The number of halogens is 2. The molecule has 0 bridgehead atoms. The van der Waals surface area contributed by atoms with E-state index in [1.54, 1.807) is 12.1 Å². The molecule has 2 N–H and O–H groups in total. The average Bonchev–Trinajstić information content (AvgIpc) is 2.81. The number of esters is 1. The molecule has 0 aliphatic rings. The van der Waals surface area contributed by atoms with E-state index in [0.717, 1.165) is 28.8 Å². The maximum absolute atomic E-state index is 12.5. The Morgan fingerprint density at radius 1 is 0.812 bits per heavy atom. The van der Waals surface area contributed by atoms with Gasteiger partial charge in [0.15, 0.2) is 0 Å². The molecule has 0 radical (unpaired) electrons. The molecule has 3 aromatic carbocycles. The summed E-state index contributed by atoms with van der Waals surface area (Å²) in [5.41, 5.74) is 2.79. The Morgan fingerprint density at radius 3 is 1.91 bits per heavy atom. The minimum atomic E-state index is -0.856. The number of nitrogens with two attached hydrogens (primary N) is 1. The smallest absolute Gasteiger partial charge is 0.349 e. The van der Waals surface area contributed by atoms with Gasteiger partial charge in [0.2, 0.25) is 0 Å². The van der Waals surface area contributed by atoms with Crippen molar-refractivity contribution in [2.75, 3.05) is 0 Å². The van der Waals surface area contributed by atoms with Gasteiger partial charge < -0.3 is 9.57 Å². The third-order valence-corrected chi connectivity index (χ3v) is 5.59. The summed E-state index contributed by atoms with van der Waals surface area (Å²) in [5.74, 6) is 2.99. The van der Waals surface area contributed by atoms with Crippen LogP contribution < -0.4 is 5.90 Å². The standard InChI is InChI=1S/C25H21Cl2NO4/c26-20-12-11-17(15-21(20)27)16-22(31-23(29)13-14-24(30)32-28)25(18-7-3-1-4-8-18)19-9-5-2-6-10-19/h1-15,22,25H,16,28H2/b14-13-. The molecule has 3 rings (SSSR count). The van der Waals surface area contributed by atoms with E-state index < -0.39 is 18.0 Å². The first-order valence-electron chi connectivity index (χ1n) is 9.81. The van der Waals surface area contributed by atoms with Gasteiger partial charge in [-0.1, -0.05) is 89.9 Å². The lowest BCUT2D eigenvalue weighted by atomic mass is 9.84. The van der Waals surface area contributed by atoms with Crippen LogP contribution in [0.4, 0.5) is 0 Å². The Morgan fingerprint density at radius 2 is 1.38 bits per heavy atom. The predicted molar refractivity (Wildman–Crippen MR) is 124 cm³/mol. The predicted octanol–water partition coefficient (Wildman–Crippen LogP) is 5.25. The van der Waals surface area contributed by atoms with E-state index in [1.165, 1.54) is 0 Å². The average molecular weight is 470 g/mol. The molecule has 0 heterocycles. The van der Waals surface area contributed by atoms with Crippen LogP contribution in [0.25, 0.3) is 0 Å². The number of hydrogen-bond donors (Lipinski definition) is 1. The highest BCUT2D eigenvalue weighted by atomic mass is 35.5. The summed E-state index contributed by atoms with van der Waals surface area (Å²) in [6.45, 7) is 0. The normalized spacial score (nSPS) is 12.0. The molecule has 0 saturated heterocycles. The monoisotopic (exact) mass is 469 g/mol. The van der Waals surface area contributed by atoms with Crippen molar-refractivity contribution in [3.8, 4) is 0 Å². The number of hydrogen-bond acceptors (Lipinski definition) is 5. The zero-order chi connectivity index (χ0) is 22.9. The molecule has 1 atom stereocenters. The lowest BCUT2D eigenvalue weighted by Gasteiger charge is -2.28. The first-order chi connectivity index (χ1) is 15.5. The lowest BCUT2D eigenvalue weighted by molar-refractivity contribution is -0.144. The van der Waals surface area contributed by atoms with Crippen LogP contribution in [0, 0.1) is 0 Å². The third kappa shape index (κ3) is 6.44. The third-order valence-electron chi connectivity index (χ3n) is 4.85. The molecule has 32 heavy (non-hydrogen) atoms. The Hall–Kier alpha value is -3.12. The van der Waals surface area contributed by atoms with Crippen LogP contribution in [-0.2, 0) is 25.6 Å². The van der Waals surface area contributed by atoms with Crippen molar-refractivity contribution in [2.24, 2.45) is 5.90 Å². The van der Waals surface area contributed by atoms with Gasteiger partial charge in [0, 0.05) is 24.5 Å². The molecule has 0 spiro atoms. The molecule has 164 valence electrons. The van der Waals surface area contributed by atoms with Crippen LogP contribution in [0.2, 0.25) is 10.0 Å². The molecular weight excluding hydrogens is 449 g/mol. The van der Waals surface area contributed by atoms with E-state index in [2.05, 4.69) is 4.84 Å². The minimum Gasteiger partial charge on any atom is -0.458 e. The molecular formula is C25H21Cl2NO4. The van der Waals surface area contributed by atoms with Crippen molar-refractivity contribution in [2.45, 2.75) is 18.4 Å². The zero-order valence-corrected chi connectivity index (χ0v) is 18.5. The molecule has 0 aliphatic heterocycles. The first kappa shape index (κ1) is 23.5. The van der Waals surface area contributed by atoms with Crippen molar-refractivity contribution < 1.29 is 19.2 Å². The summed E-state index contributed by atoms with van der Waals surface area (Å²) in [6, 6.07) is 24.8. The van der Waals surface area contributed by atoms with E-state index in [1.807, 2.05) is 66.7 Å². The fraction of sp³-hybridized carbons (Fsp3) is 0.120. The second-order valence-electron chi connectivity index (χ2n) is 7.00. The Kier molecular flexibility index (Phi) is 8.45. The Bertz CT molecular complexity index is 1050. The maximum Gasteiger partial charge on any atom is 0.349 e. The van der Waals surface area contributed by atoms with Gasteiger partial charge in [-0.2, -0.15) is 5.90 Å². The summed E-state index contributed by atoms with van der Waals surface area (Å²) < 4.78 is 5.84. The fourth-order valence-corrected chi connectivity index (χ4v) is 3.75. The second-order valence-corrected chi connectivity index (χ2v) is 7.81. The van der Waals surface area contributed by atoms with E-state index in [9.17, 15) is 9.59 Å². The zero-order valence-electron chi connectivity index (χ0n) is 17.0. The van der Waals surface area contributed by atoms with Gasteiger partial charge in [0.25, 0.3) is 0 Å². The van der Waals surface area contributed by atoms with Gasteiger partial charge in [-0.05, 0) is 28.8 Å². The summed E-state index contributed by atoms with van der Waals surface area (Å²) in [7, 11) is 0. The molecule has 0 saturated carbocycles. The summed E-state index contributed by atoms with van der Waals surface area (Å²) in [5, 5.41) is 0.852. The van der Waals surface area contributed by atoms with Gasteiger partial charge in [0.1, 0.15) is 6.10 Å². The van der Waals surface area contributed by atoms with Crippen LogP contribution in [0.3, 0.4) is 0 Å². The molecule has 0 amide bonds. The topological polar surface area (TPSA) is 78.6 Å². The number of carbonyl (C=O) groups excluding carboxylic acids is 2. The highest BCUT2D eigenvalue weighted by Gasteiger charge is 2.28. The molecule has 0 fully saturated rings. The van der Waals surface area contributed by atoms with Gasteiger partial charge >= 0.3 is 11.9 Å². The first-order valence-corrected chi connectivity index (χ1v) is 10.6. The number of benzene rings is 3. The van der Waals surface area contributed by atoms with Crippen molar-refractivity contribution in [1.29, 1.82) is 0 Å². The van der Waals surface area contributed by atoms with E-state index in [-0.39, 0.29) is 5.92 Å². The van der Waals surface area contributed by atoms with Crippen LogP contribution >= 0.6 is 23.2 Å². The Balaban J connectivity index is 2.00. The minimum absolute atomic E-state index is 0.273. The molecule has 3 aromatic rings. The van der Waals surface area contributed by atoms with Crippen LogP contribution in [0.5, 0.6) is 0 Å². The molecule has 0 aliphatic carbocycles. The van der Waals surface area contributed by atoms with Gasteiger partial charge in [-0.3, -0.25) is 0 Å². The van der Waals surface area contributed by atoms with Gasteiger partial charge in [-0.25, -0.2) is 9.59 Å². The van der Waals surface area contributed by atoms with E-state index in [0.29, 0.717) is 16.5 Å². The van der Waals surface area contributed by atoms with Crippen LogP contribution in [0.15, 0.2) is 91.0 Å². The summed E-state index contributed by atoms with van der Waals surface area (Å²) in [4.78, 5) is 27.9. The maximum atomic E-state index is 12.5. The van der Waals surface area contributed by atoms with Crippen LogP contribution in [0.1, 0.15) is 22.6 Å². The van der Waals surface area contributed by atoms with Gasteiger partial charge in [-0.15, -0.1) is 0 Å². The lowest BCUT2D eigenvalue weighted by Crippen LogP contribution is -2.28. The van der Waals surface area contributed by atoms with Crippen LogP contribution in [-0.4, -0.2) is 18.0 Å². The van der Waals surface area contributed by atoms with Crippen molar-refractivity contribution in [1.82, 2.24) is 0 Å². The van der Waals surface area contributed by atoms with Crippen molar-refractivity contribution in [3.63, 3.8) is 0 Å². The highest BCUT2D eigenvalue weighted by molar-refractivity contribution is 6.42. The summed E-state index contributed by atoms with van der Waals surface area (Å²) >= 11 is 12.3. The largest absolute Gasteiger partial charge is 0.458 e. The molecule has 7 heteroatoms. The highest BCUT2D eigenvalue weighted by Crippen LogP contribution is 2.33. The second kappa shape index (κ2) is 11.5. The quantitative estimate of drug-likeness (QED) is 0.276. The van der Waals surface area contributed by atoms with Gasteiger partial charge in [0.05, 0.1) is 10.0 Å². The molecule has 1 unspecified atom stereocenters. The van der Waals surface area contributed by atoms with E-state index in [4.69, 9.17) is 33.8 Å². The molecule has 5 nitrogen and oxygen atoms in total. The number of carbonyl (C=O) groups is 2. The summed E-state index contributed by atoms with van der Waals surface area (Å²) in [6.07, 6.45) is 1.66. The fourth-order valence-electron chi connectivity index (χ4n) is 3.43. The van der Waals surface area contributed by atoms with Crippen molar-refractivity contribution in [3.05, 3.63) is 118 Å². The Labute approximate surface area is 196 Å². The molecule has 0 aromatic heterocycles. The van der Waals surface area contributed by atoms with Crippen molar-refractivity contribution >= 4 is 35.1 Å². The van der Waals surface area contributed by atoms with E-state index >= 15 is 0 Å². The number of ether oxygens (including phenoxy) is 1. The SMILES string of the molecule is NOC(=O)/C=C\C(=O)OC(Cc1ccc(Cl)c(Cl)c1)C(c1ccccc1)c1ccccc1.